The first-order valence-corrected chi connectivity index (χ1v) is 6.68. The molecule has 0 aliphatic carbocycles. The lowest BCUT2D eigenvalue weighted by molar-refractivity contribution is 0.185. The number of benzene rings is 1. The molecule has 4 heteroatoms. The Morgan fingerprint density at radius 2 is 2.05 bits per heavy atom. The van der Waals surface area contributed by atoms with Crippen LogP contribution in [0.25, 0.3) is 5.65 Å². The summed E-state index contributed by atoms with van der Waals surface area (Å²) >= 11 is 0. The average Bonchev–Trinajstić information content (AvgIpc) is 2.91. The maximum Gasteiger partial charge on any atom is 0.212 e. The van der Waals surface area contributed by atoms with E-state index in [0.29, 0.717) is 12.4 Å². The molecule has 2 aromatic heterocycles. The maximum atomic E-state index is 5.16. The van der Waals surface area contributed by atoms with Crippen molar-refractivity contribution in [2.75, 3.05) is 7.11 Å². The highest BCUT2D eigenvalue weighted by molar-refractivity contribution is 5.47. The van der Waals surface area contributed by atoms with Gasteiger partial charge in [0.25, 0.3) is 0 Å². The number of hydrogen-bond donors (Lipinski definition) is 0. The predicted molar refractivity (Wildman–Crippen MR) is 80.9 cm³/mol. The fraction of sp³-hybridized carbons (Fsp3) is 0.176. The molecule has 2 heterocycles. The van der Waals surface area contributed by atoms with Gasteiger partial charge in [0, 0.05) is 18.9 Å². The Kier molecular flexibility index (Phi) is 3.67. The van der Waals surface area contributed by atoms with Crippen LogP contribution >= 0.6 is 0 Å². The van der Waals surface area contributed by atoms with Crippen LogP contribution in [0.2, 0.25) is 0 Å². The average molecular weight is 277 g/mol. The SMILES string of the molecule is COCc1ccc(C)c(C#Cc2nnc3ccccn23)c1. The Balaban J connectivity index is 1.99. The highest BCUT2D eigenvalue weighted by Crippen LogP contribution is 2.11. The van der Waals surface area contributed by atoms with Crippen molar-refractivity contribution in [3.05, 3.63) is 65.1 Å². The molecule has 0 bridgehead atoms. The Labute approximate surface area is 123 Å². The number of hydrogen-bond acceptors (Lipinski definition) is 3. The first-order valence-electron chi connectivity index (χ1n) is 6.68. The molecular weight excluding hydrogens is 262 g/mol. The van der Waals surface area contributed by atoms with Gasteiger partial charge in [0.05, 0.1) is 6.61 Å². The van der Waals surface area contributed by atoms with Crippen LogP contribution in [-0.4, -0.2) is 21.7 Å². The van der Waals surface area contributed by atoms with E-state index < -0.39 is 0 Å². The normalized spacial score (nSPS) is 10.4. The lowest BCUT2D eigenvalue weighted by atomic mass is 10.1. The van der Waals surface area contributed by atoms with Gasteiger partial charge in [-0.1, -0.05) is 24.1 Å². The van der Waals surface area contributed by atoms with Crippen molar-refractivity contribution in [1.29, 1.82) is 0 Å². The molecule has 0 radical (unpaired) electrons. The van der Waals surface area contributed by atoms with Crippen LogP contribution in [-0.2, 0) is 11.3 Å². The first-order chi connectivity index (χ1) is 10.3. The minimum absolute atomic E-state index is 0.586. The number of nitrogens with zero attached hydrogens (tertiary/aromatic N) is 3. The summed E-state index contributed by atoms with van der Waals surface area (Å²) in [5, 5.41) is 8.20. The fourth-order valence-electron chi connectivity index (χ4n) is 2.11. The summed E-state index contributed by atoms with van der Waals surface area (Å²) in [6, 6.07) is 11.9. The highest BCUT2D eigenvalue weighted by Gasteiger charge is 2.01. The van der Waals surface area contributed by atoms with Crippen molar-refractivity contribution >= 4 is 5.65 Å². The van der Waals surface area contributed by atoms with Gasteiger partial charge in [0.2, 0.25) is 5.82 Å². The molecule has 21 heavy (non-hydrogen) atoms. The van der Waals surface area contributed by atoms with Crippen LogP contribution < -0.4 is 0 Å². The van der Waals surface area contributed by atoms with Crippen molar-refractivity contribution in [2.45, 2.75) is 13.5 Å². The molecule has 4 nitrogen and oxygen atoms in total. The quantitative estimate of drug-likeness (QED) is 0.676. The van der Waals surface area contributed by atoms with Crippen LogP contribution in [0.1, 0.15) is 22.5 Å². The zero-order valence-corrected chi connectivity index (χ0v) is 12.0. The number of methoxy groups -OCH3 is 1. The minimum Gasteiger partial charge on any atom is -0.380 e. The molecule has 0 saturated carbocycles. The van der Waals surface area contributed by atoms with Crippen LogP contribution in [0.5, 0.6) is 0 Å². The molecule has 0 fully saturated rings. The van der Waals surface area contributed by atoms with Gasteiger partial charge in [-0.3, -0.25) is 4.40 Å². The van der Waals surface area contributed by atoms with E-state index in [1.165, 1.54) is 0 Å². The van der Waals surface area contributed by atoms with Crippen LogP contribution in [0.15, 0.2) is 42.6 Å². The molecule has 104 valence electrons. The number of fused-ring (bicyclic) bond motifs is 1. The Bertz CT molecular complexity index is 840. The molecule has 3 aromatic rings. The summed E-state index contributed by atoms with van der Waals surface area (Å²) < 4.78 is 7.03. The van der Waals surface area contributed by atoms with Crippen molar-refractivity contribution in [2.24, 2.45) is 0 Å². The summed E-state index contributed by atoms with van der Waals surface area (Å²) in [4.78, 5) is 0. The number of rotatable bonds is 2. The monoisotopic (exact) mass is 277 g/mol. The smallest absolute Gasteiger partial charge is 0.212 e. The van der Waals surface area contributed by atoms with Gasteiger partial charge in [-0.05, 0) is 42.2 Å². The third-order valence-corrected chi connectivity index (χ3v) is 3.24. The number of aryl methyl sites for hydroxylation is 1. The Morgan fingerprint density at radius 1 is 1.14 bits per heavy atom. The zero-order valence-electron chi connectivity index (χ0n) is 12.0. The lowest BCUT2D eigenvalue weighted by Crippen LogP contribution is -1.91. The molecule has 0 aliphatic rings. The summed E-state index contributed by atoms with van der Waals surface area (Å²) in [6.45, 7) is 2.63. The standard InChI is InChI=1S/C17H15N3O/c1-13-6-7-14(12-21-2)11-15(13)8-9-17-19-18-16-5-3-4-10-20(16)17/h3-7,10-11H,12H2,1-2H3. The number of aromatic nitrogens is 3. The van der Waals surface area contributed by atoms with Gasteiger partial charge in [-0.2, -0.15) is 0 Å². The molecule has 3 rings (SSSR count). The van der Waals surface area contributed by atoms with Crippen LogP contribution in [0.4, 0.5) is 0 Å². The Hall–Kier alpha value is -2.64. The lowest BCUT2D eigenvalue weighted by Gasteiger charge is -2.03. The third-order valence-electron chi connectivity index (χ3n) is 3.24. The molecule has 0 aliphatic heterocycles. The molecule has 0 unspecified atom stereocenters. The van der Waals surface area contributed by atoms with Crippen molar-refractivity contribution in [3.8, 4) is 11.8 Å². The summed E-state index contributed by atoms with van der Waals surface area (Å²) in [6.07, 6.45) is 1.91. The second kappa shape index (κ2) is 5.78. The van der Waals surface area contributed by atoms with E-state index in [9.17, 15) is 0 Å². The summed E-state index contributed by atoms with van der Waals surface area (Å²) in [5.41, 5.74) is 4.03. The van der Waals surface area contributed by atoms with Crippen LogP contribution in [0.3, 0.4) is 0 Å². The minimum atomic E-state index is 0.586. The van der Waals surface area contributed by atoms with E-state index in [4.69, 9.17) is 4.74 Å². The molecule has 0 saturated heterocycles. The van der Waals surface area contributed by atoms with Crippen molar-refractivity contribution < 1.29 is 4.74 Å². The predicted octanol–water partition coefficient (Wildman–Crippen LogP) is 2.58. The fourth-order valence-corrected chi connectivity index (χ4v) is 2.11. The summed E-state index contributed by atoms with van der Waals surface area (Å²) in [5.74, 6) is 6.91. The third kappa shape index (κ3) is 2.78. The zero-order chi connectivity index (χ0) is 14.7. The second-order valence-electron chi connectivity index (χ2n) is 4.78. The van der Waals surface area contributed by atoms with E-state index in [2.05, 4.69) is 40.2 Å². The van der Waals surface area contributed by atoms with Crippen molar-refractivity contribution in [3.63, 3.8) is 0 Å². The summed E-state index contributed by atoms with van der Waals surface area (Å²) in [7, 11) is 1.69. The first kappa shape index (κ1) is 13.3. The number of pyridine rings is 1. The molecule has 0 spiro atoms. The topological polar surface area (TPSA) is 39.4 Å². The largest absolute Gasteiger partial charge is 0.380 e. The maximum absolute atomic E-state index is 5.16. The number of ether oxygens (including phenoxy) is 1. The molecule has 1 aromatic carbocycles. The van der Waals surface area contributed by atoms with E-state index >= 15 is 0 Å². The van der Waals surface area contributed by atoms with Crippen LogP contribution in [0, 0.1) is 18.8 Å². The van der Waals surface area contributed by atoms with Gasteiger partial charge >= 0.3 is 0 Å². The van der Waals surface area contributed by atoms with Gasteiger partial charge in [0.1, 0.15) is 0 Å². The van der Waals surface area contributed by atoms with E-state index in [-0.39, 0.29) is 0 Å². The second-order valence-corrected chi connectivity index (χ2v) is 4.78. The molecular formula is C17H15N3O. The van der Waals surface area contributed by atoms with Crippen molar-refractivity contribution in [1.82, 2.24) is 14.6 Å². The molecule has 0 atom stereocenters. The molecule has 0 N–H and O–H groups in total. The van der Waals surface area contributed by atoms with E-state index in [1.807, 2.05) is 35.7 Å². The van der Waals surface area contributed by atoms with Gasteiger partial charge < -0.3 is 4.74 Å². The van der Waals surface area contributed by atoms with Gasteiger partial charge in [-0.15, -0.1) is 10.2 Å². The van der Waals surface area contributed by atoms with E-state index in [1.54, 1.807) is 7.11 Å². The van der Waals surface area contributed by atoms with Gasteiger partial charge in [0.15, 0.2) is 5.65 Å². The highest BCUT2D eigenvalue weighted by atomic mass is 16.5. The Morgan fingerprint density at radius 3 is 2.90 bits per heavy atom. The van der Waals surface area contributed by atoms with E-state index in [0.717, 1.165) is 22.3 Å². The van der Waals surface area contributed by atoms with Gasteiger partial charge in [-0.25, -0.2) is 0 Å². The molecule has 0 amide bonds.